The Kier molecular flexibility index (Phi) is 4.98. The van der Waals surface area contributed by atoms with E-state index in [1.807, 2.05) is 24.3 Å². The maximum Gasteiger partial charge on any atom is 0.224 e. The van der Waals surface area contributed by atoms with Crippen molar-refractivity contribution < 1.29 is 4.79 Å². The lowest BCUT2D eigenvalue weighted by Gasteiger charge is -2.37. The summed E-state index contributed by atoms with van der Waals surface area (Å²) in [7, 11) is 4.24. The van der Waals surface area contributed by atoms with Gasteiger partial charge in [0.05, 0.1) is 6.42 Å². The van der Waals surface area contributed by atoms with Crippen LogP contribution in [0.15, 0.2) is 24.3 Å². The van der Waals surface area contributed by atoms with Gasteiger partial charge in [0.2, 0.25) is 5.91 Å². The fourth-order valence-corrected chi connectivity index (χ4v) is 2.44. The molecular weight excluding hydrogens is 252 g/mol. The molecule has 1 aliphatic rings. The van der Waals surface area contributed by atoms with Gasteiger partial charge in [0.25, 0.3) is 0 Å². The highest BCUT2D eigenvalue weighted by Gasteiger charge is 2.22. The van der Waals surface area contributed by atoms with Crippen LogP contribution >= 0.6 is 0 Å². The van der Waals surface area contributed by atoms with Gasteiger partial charge in [-0.1, -0.05) is 12.1 Å². The second kappa shape index (κ2) is 6.72. The van der Waals surface area contributed by atoms with Crippen molar-refractivity contribution >= 4 is 11.6 Å². The largest absolute Gasteiger partial charge is 0.399 e. The monoisotopic (exact) mass is 276 g/mol. The quantitative estimate of drug-likeness (QED) is 0.770. The fraction of sp³-hybridized carbons (Fsp3) is 0.533. The second-order valence-electron chi connectivity index (χ2n) is 5.62. The lowest BCUT2D eigenvalue weighted by Crippen LogP contribution is -2.54. The third kappa shape index (κ3) is 4.21. The summed E-state index contributed by atoms with van der Waals surface area (Å²) < 4.78 is 0. The zero-order valence-corrected chi connectivity index (χ0v) is 12.3. The van der Waals surface area contributed by atoms with Gasteiger partial charge in [-0.25, -0.2) is 0 Å². The molecule has 1 fully saturated rings. The molecule has 1 aromatic rings. The lowest BCUT2D eigenvalue weighted by atomic mass is 10.1. The molecule has 0 saturated carbocycles. The number of carbonyl (C=O) groups is 1. The molecule has 1 amide bonds. The number of anilines is 1. The SMILES string of the molecule is CN1CCN(C)C(CNC(=O)Cc2ccc(N)cc2)C1. The number of amides is 1. The molecule has 1 aromatic carbocycles. The maximum atomic E-state index is 12.0. The molecule has 110 valence electrons. The molecule has 0 aromatic heterocycles. The molecular formula is C15H24N4O. The molecule has 1 unspecified atom stereocenters. The molecule has 5 nitrogen and oxygen atoms in total. The third-order valence-corrected chi connectivity index (χ3v) is 3.86. The van der Waals surface area contributed by atoms with Gasteiger partial charge in [-0.3, -0.25) is 9.69 Å². The summed E-state index contributed by atoms with van der Waals surface area (Å²) in [5.74, 6) is 0.0661. The number of nitrogens with one attached hydrogen (secondary N) is 1. The third-order valence-electron chi connectivity index (χ3n) is 3.86. The first-order chi connectivity index (χ1) is 9.54. The topological polar surface area (TPSA) is 61.6 Å². The molecule has 20 heavy (non-hydrogen) atoms. The summed E-state index contributed by atoms with van der Waals surface area (Å²) in [5, 5.41) is 3.03. The van der Waals surface area contributed by atoms with E-state index in [4.69, 9.17) is 5.73 Å². The van der Waals surface area contributed by atoms with Gasteiger partial charge in [0.1, 0.15) is 0 Å². The van der Waals surface area contributed by atoms with Gasteiger partial charge in [-0.2, -0.15) is 0 Å². The van der Waals surface area contributed by atoms with Crippen LogP contribution in [0.25, 0.3) is 0 Å². The number of nitrogen functional groups attached to an aromatic ring is 1. The number of nitrogens with two attached hydrogens (primary N) is 1. The van der Waals surface area contributed by atoms with Crippen molar-refractivity contribution in [2.24, 2.45) is 0 Å². The van der Waals surface area contributed by atoms with E-state index in [2.05, 4.69) is 29.2 Å². The van der Waals surface area contributed by atoms with Crippen LogP contribution < -0.4 is 11.1 Å². The molecule has 0 spiro atoms. The van der Waals surface area contributed by atoms with E-state index >= 15 is 0 Å². The smallest absolute Gasteiger partial charge is 0.224 e. The predicted molar refractivity (Wildman–Crippen MR) is 81.5 cm³/mol. The number of piperazine rings is 1. The zero-order chi connectivity index (χ0) is 14.5. The zero-order valence-electron chi connectivity index (χ0n) is 12.3. The van der Waals surface area contributed by atoms with Crippen LogP contribution in [0.4, 0.5) is 5.69 Å². The summed E-state index contributed by atoms with van der Waals surface area (Å²) in [4.78, 5) is 16.6. The maximum absolute atomic E-state index is 12.0. The van der Waals surface area contributed by atoms with Crippen molar-refractivity contribution in [3.63, 3.8) is 0 Å². The summed E-state index contributed by atoms with van der Waals surface area (Å²) in [6.45, 7) is 3.84. The summed E-state index contributed by atoms with van der Waals surface area (Å²) in [6, 6.07) is 7.84. The van der Waals surface area contributed by atoms with Crippen LogP contribution in [0.3, 0.4) is 0 Å². The number of hydrogen-bond donors (Lipinski definition) is 2. The second-order valence-corrected chi connectivity index (χ2v) is 5.62. The molecule has 1 atom stereocenters. The minimum absolute atomic E-state index is 0.0661. The van der Waals surface area contributed by atoms with Crippen LogP contribution in [0, 0.1) is 0 Å². The Balaban J connectivity index is 1.78. The van der Waals surface area contributed by atoms with Crippen molar-refractivity contribution in [2.75, 3.05) is 46.0 Å². The van der Waals surface area contributed by atoms with E-state index in [9.17, 15) is 4.79 Å². The average molecular weight is 276 g/mol. The van der Waals surface area contributed by atoms with Gasteiger partial charge in [0.15, 0.2) is 0 Å². The Labute approximate surface area is 120 Å². The van der Waals surface area contributed by atoms with E-state index in [-0.39, 0.29) is 5.91 Å². The Hall–Kier alpha value is -1.59. The standard InChI is InChI=1S/C15H24N4O/c1-18-7-8-19(2)14(11-18)10-17-15(20)9-12-3-5-13(16)6-4-12/h3-6,14H,7-11,16H2,1-2H3,(H,17,20). The lowest BCUT2D eigenvalue weighted by molar-refractivity contribution is -0.120. The first-order valence-corrected chi connectivity index (χ1v) is 7.04. The molecule has 3 N–H and O–H groups in total. The van der Waals surface area contributed by atoms with Crippen molar-refractivity contribution in [3.8, 4) is 0 Å². The van der Waals surface area contributed by atoms with Gasteiger partial charge in [0, 0.05) is 37.9 Å². The van der Waals surface area contributed by atoms with Crippen molar-refractivity contribution in [1.29, 1.82) is 0 Å². The summed E-state index contributed by atoms with van der Waals surface area (Å²) in [5.41, 5.74) is 7.35. The Bertz CT molecular complexity index is 446. The van der Waals surface area contributed by atoms with Crippen molar-refractivity contribution in [2.45, 2.75) is 12.5 Å². The molecule has 0 radical (unpaired) electrons. The highest BCUT2D eigenvalue weighted by molar-refractivity contribution is 5.78. The van der Waals surface area contributed by atoms with Gasteiger partial charge >= 0.3 is 0 Å². The highest BCUT2D eigenvalue weighted by atomic mass is 16.1. The average Bonchev–Trinajstić information content (AvgIpc) is 2.42. The fourth-order valence-electron chi connectivity index (χ4n) is 2.44. The van der Waals surface area contributed by atoms with Crippen LogP contribution in [0.5, 0.6) is 0 Å². The highest BCUT2D eigenvalue weighted by Crippen LogP contribution is 2.07. The molecule has 1 heterocycles. The van der Waals surface area contributed by atoms with E-state index < -0.39 is 0 Å². The Morgan fingerprint density at radius 2 is 2.00 bits per heavy atom. The summed E-state index contributed by atoms with van der Waals surface area (Å²) in [6.07, 6.45) is 0.409. The van der Waals surface area contributed by atoms with E-state index in [1.54, 1.807) is 0 Å². The first kappa shape index (κ1) is 14.8. The van der Waals surface area contributed by atoms with E-state index in [1.165, 1.54) is 0 Å². The molecule has 1 aliphatic heterocycles. The first-order valence-electron chi connectivity index (χ1n) is 7.04. The molecule has 2 rings (SSSR count). The molecule has 1 saturated heterocycles. The van der Waals surface area contributed by atoms with E-state index in [0.717, 1.165) is 30.9 Å². The predicted octanol–water partition coefficient (Wildman–Crippen LogP) is 0.173. The number of benzene rings is 1. The van der Waals surface area contributed by atoms with Gasteiger partial charge < -0.3 is 16.0 Å². The normalized spacial score (nSPS) is 20.8. The number of nitrogens with zero attached hydrogens (tertiary/aromatic N) is 2. The summed E-state index contributed by atoms with van der Waals surface area (Å²) >= 11 is 0. The Morgan fingerprint density at radius 3 is 2.70 bits per heavy atom. The van der Waals surface area contributed by atoms with Crippen LogP contribution in [0.2, 0.25) is 0 Å². The number of likely N-dealkylation sites (N-methyl/N-ethyl adjacent to an activating group) is 2. The number of carbonyl (C=O) groups excluding carboxylic acids is 1. The minimum atomic E-state index is 0.0661. The van der Waals surface area contributed by atoms with Gasteiger partial charge in [-0.15, -0.1) is 0 Å². The van der Waals surface area contributed by atoms with Crippen molar-refractivity contribution in [1.82, 2.24) is 15.1 Å². The minimum Gasteiger partial charge on any atom is -0.399 e. The number of rotatable bonds is 4. The molecule has 5 heteroatoms. The number of hydrogen-bond acceptors (Lipinski definition) is 4. The van der Waals surface area contributed by atoms with Crippen LogP contribution in [-0.2, 0) is 11.2 Å². The van der Waals surface area contributed by atoms with Crippen LogP contribution in [-0.4, -0.2) is 62.0 Å². The van der Waals surface area contributed by atoms with E-state index in [0.29, 0.717) is 19.0 Å². The molecule has 0 aliphatic carbocycles. The molecule has 0 bridgehead atoms. The Morgan fingerprint density at radius 1 is 1.30 bits per heavy atom. The van der Waals surface area contributed by atoms with Crippen molar-refractivity contribution in [3.05, 3.63) is 29.8 Å². The van der Waals surface area contributed by atoms with Crippen LogP contribution in [0.1, 0.15) is 5.56 Å². The van der Waals surface area contributed by atoms with Gasteiger partial charge in [-0.05, 0) is 31.8 Å².